The van der Waals surface area contributed by atoms with E-state index in [1.807, 2.05) is 16.7 Å². The third kappa shape index (κ3) is 1.42. The summed E-state index contributed by atoms with van der Waals surface area (Å²) in [5.41, 5.74) is 2.11. The molecule has 3 aromatic heterocycles. The third-order valence-corrected chi connectivity index (χ3v) is 3.52. The van der Waals surface area contributed by atoms with E-state index >= 15 is 0 Å². The first-order chi connectivity index (χ1) is 7.74. The fourth-order valence-corrected chi connectivity index (χ4v) is 2.56. The highest BCUT2D eigenvalue weighted by Crippen LogP contribution is 2.26. The molecule has 16 heavy (non-hydrogen) atoms. The van der Waals surface area contributed by atoms with Crippen LogP contribution in [0.3, 0.4) is 0 Å². The van der Waals surface area contributed by atoms with Gasteiger partial charge in [0, 0.05) is 11.1 Å². The lowest BCUT2D eigenvalue weighted by Crippen LogP contribution is -1.87. The second-order valence-electron chi connectivity index (χ2n) is 3.87. The number of fused-ring (bicyclic) bond motifs is 1. The number of nitrogens with zero attached hydrogens (tertiary/aromatic N) is 3. The van der Waals surface area contributed by atoms with Crippen molar-refractivity contribution in [2.75, 3.05) is 0 Å². The molecule has 3 rings (SSSR count). The molecule has 0 saturated carbocycles. The van der Waals surface area contributed by atoms with Gasteiger partial charge in [0.2, 0.25) is 0 Å². The maximum Gasteiger partial charge on any atom is 0.178 e. The quantitative estimate of drug-likeness (QED) is 0.642. The molecule has 0 fully saturated rings. The monoisotopic (exact) mass is 229 g/mol. The summed E-state index contributed by atoms with van der Waals surface area (Å²) < 4.78 is 2.03. The molecule has 3 heterocycles. The second-order valence-corrected chi connectivity index (χ2v) is 5.15. The van der Waals surface area contributed by atoms with Crippen LogP contribution in [-0.2, 0) is 0 Å². The Hall–Kier alpha value is -1.68. The topological polar surface area (TPSA) is 30.2 Å². The van der Waals surface area contributed by atoms with Crippen molar-refractivity contribution in [3.63, 3.8) is 0 Å². The van der Waals surface area contributed by atoms with Crippen molar-refractivity contribution >= 4 is 17.0 Å². The third-order valence-electron chi connectivity index (χ3n) is 2.53. The molecule has 0 unspecified atom stereocenters. The van der Waals surface area contributed by atoms with Crippen LogP contribution in [0.15, 0.2) is 30.5 Å². The Kier molecular flexibility index (Phi) is 2.04. The summed E-state index contributed by atoms with van der Waals surface area (Å²) in [4.78, 5) is 2.45. The molecule has 0 N–H and O–H groups in total. The zero-order valence-electron chi connectivity index (χ0n) is 9.14. The van der Waals surface area contributed by atoms with Crippen molar-refractivity contribution in [1.29, 1.82) is 0 Å². The molecule has 0 aliphatic heterocycles. The molecule has 0 aromatic carbocycles. The molecule has 0 aliphatic rings. The Morgan fingerprint density at radius 3 is 2.75 bits per heavy atom. The highest BCUT2D eigenvalue weighted by molar-refractivity contribution is 7.15. The van der Waals surface area contributed by atoms with Crippen LogP contribution in [0.5, 0.6) is 0 Å². The van der Waals surface area contributed by atoms with Crippen LogP contribution in [0.4, 0.5) is 0 Å². The predicted molar refractivity (Wildman–Crippen MR) is 65.8 cm³/mol. The number of aromatic nitrogens is 3. The largest absolute Gasteiger partial charge is 0.282 e. The molecular weight excluding hydrogens is 218 g/mol. The fourth-order valence-electron chi connectivity index (χ4n) is 1.72. The van der Waals surface area contributed by atoms with Gasteiger partial charge in [0.1, 0.15) is 0 Å². The van der Waals surface area contributed by atoms with E-state index in [2.05, 4.69) is 42.2 Å². The lowest BCUT2D eigenvalue weighted by Gasteiger charge is -1.97. The molecule has 0 radical (unpaired) electrons. The Morgan fingerprint density at radius 2 is 2.00 bits per heavy atom. The van der Waals surface area contributed by atoms with Crippen molar-refractivity contribution in [3.8, 4) is 10.7 Å². The number of aryl methyl sites for hydroxylation is 2. The van der Waals surface area contributed by atoms with Gasteiger partial charge in [-0.2, -0.15) is 0 Å². The minimum Gasteiger partial charge on any atom is -0.282 e. The van der Waals surface area contributed by atoms with Crippen molar-refractivity contribution in [1.82, 2.24) is 14.6 Å². The molecule has 0 amide bonds. The average molecular weight is 229 g/mol. The minimum absolute atomic E-state index is 0.904. The summed E-state index contributed by atoms with van der Waals surface area (Å²) in [6.45, 7) is 4.16. The molecule has 3 nitrogen and oxygen atoms in total. The van der Waals surface area contributed by atoms with E-state index < -0.39 is 0 Å². The van der Waals surface area contributed by atoms with E-state index in [9.17, 15) is 0 Å². The van der Waals surface area contributed by atoms with Gasteiger partial charge in [0.15, 0.2) is 11.5 Å². The lowest BCUT2D eigenvalue weighted by molar-refractivity contribution is 1.12. The first-order valence-corrected chi connectivity index (χ1v) is 5.94. The van der Waals surface area contributed by atoms with Gasteiger partial charge in [-0.15, -0.1) is 21.5 Å². The van der Waals surface area contributed by atoms with E-state index in [-0.39, 0.29) is 0 Å². The van der Waals surface area contributed by atoms with E-state index in [0.717, 1.165) is 16.3 Å². The van der Waals surface area contributed by atoms with Crippen LogP contribution >= 0.6 is 11.3 Å². The normalized spacial score (nSPS) is 11.1. The number of pyridine rings is 1. The highest BCUT2D eigenvalue weighted by atomic mass is 32.1. The summed E-state index contributed by atoms with van der Waals surface area (Å²) in [5.74, 6) is 0.924. The van der Waals surface area contributed by atoms with E-state index in [0.29, 0.717) is 0 Å². The first-order valence-electron chi connectivity index (χ1n) is 5.12. The van der Waals surface area contributed by atoms with Gasteiger partial charge < -0.3 is 0 Å². The zero-order valence-corrected chi connectivity index (χ0v) is 9.95. The lowest BCUT2D eigenvalue weighted by atomic mass is 10.3. The average Bonchev–Trinajstić information content (AvgIpc) is 2.83. The number of rotatable bonds is 1. The summed E-state index contributed by atoms with van der Waals surface area (Å²) in [6.07, 6.45) is 2.02. The number of hydrogen-bond acceptors (Lipinski definition) is 3. The predicted octanol–water partition coefficient (Wildman–Crippen LogP) is 3.07. The molecule has 0 aliphatic carbocycles. The molecule has 0 saturated heterocycles. The highest BCUT2D eigenvalue weighted by Gasteiger charge is 2.09. The Morgan fingerprint density at radius 1 is 1.12 bits per heavy atom. The van der Waals surface area contributed by atoms with Crippen molar-refractivity contribution in [2.45, 2.75) is 13.8 Å². The smallest absolute Gasteiger partial charge is 0.178 e. The van der Waals surface area contributed by atoms with Gasteiger partial charge in [-0.05, 0) is 43.7 Å². The van der Waals surface area contributed by atoms with E-state index in [4.69, 9.17) is 0 Å². The minimum atomic E-state index is 0.904. The maximum atomic E-state index is 4.24. The van der Waals surface area contributed by atoms with Crippen LogP contribution in [0.2, 0.25) is 0 Å². The van der Waals surface area contributed by atoms with Crippen molar-refractivity contribution in [2.24, 2.45) is 0 Å². The van der Waals surface area contributed by atoms with E-state index in [1.54, 1.807) is 11.3 Å². The summed E-state index contributed by atoms with van der Waals surface area (Å²) >= 11 is 1.74. The molecule has 0 bridgehead atoms. The summed E-state index contributed by atoms with van der Waals surface area (Å²) in [5, 5.41) is 8.43. The molecule has 0 spiro atoms. The van der Waals surface area contributed by atoms with Crippen molar-refractivity contribution in [3.05, 3.63) is 40.9 Å². The molecule has 4 heteroatoms. The van der Waals surface area contributed by atoms with Gasteiger partial charge >= 0.3 is 0 Å². The molecule has 0 atom stereocenters. The second kappa shape index (κ2) is 3.42. The standard InChI is InChI=1S/C12H11N3S/c1-8-5-6-15-11(7-8)13-14-12(15)10-4-3-9(2)16-10/h3-7H,1-2H3. The van der Waals surface area contributed by atoms with Crippen LogP contribution in [-0.4, -0.2) is 14.6 Å². The van der Waals surface area contributed by atoms with Gasteiger partial charge in [0.25, 0.3) is 0 Å². The Balaban J connectivity index is 2.25. The fraction of sp³-hybridized carbons (Fsp3) is 0.167. The van der Waals surface area contributed by atoms with Crippen molar-refractivity contribution < 1.29 is 0 Å². The Bertz CT molecular complexity index is 651. The maximum absolute atomic E-state index is 4.24. The van der Waals surface area contributed by atoms with Gasteiger partial charge in [-0.1, -0.05) is 0 Å². The van der Waals surface area contributed by atoms with Crippen LogP contribution < -0.4 is 0 Å². The zero-order chi connectivity index (χ0) is 11.1. The van der Waals surface area contributed by atoms with Gasteiger partial charge in [0.05, 0.1) is 4.88 Å². The summed E-state index contributed by atoms with van der Waals surface area (Å²) in [6, 6.07) is 8.31. The number of thiophene rings is 1. The molecule has 80 valence electrons. The first kappa shape index (κ1) is 9.54. The SMILES string of the molecule is Cc1ccn2c(-c3ccc(C)s3)nnc2c1. The van der Waals surface area contributed by atoms with Crippen LogP contribution in [0, 0.1) is 13.8 Å². The van der Waals surface area contributed by atoms with Crippen LogP contribution in [0.1, 0.15) is 10.4 Å². The number of hydrogen-bond donors (Lipinski definition) is 0. The van der Waals surface area contributed by atoms with Crippen LogP contribution in [0.25, 0.3) is 16.3 Å². The Labute approximate surface area is 97.4 Å². The van der Waals surface area contributed by atoms with Gasteiger partial charge in [-0.3, -0.25) is 4.40 Å². The molecule has 3 aromatic rings. The van der Waals surface area contributed by atoms with E-state index in [1.165, 1.54) is 10.4 Å². The molecular formula is C12H11N3S. The van der Waals surface area contributed by atoms with Gasteiger partial charge in [-0.25, -0.2) is 0 Å². The summed E-state index contributed by atoms with van der Waals surface area (Å²) in [7, 11) is 0.